The molecule has 138 valence electrons. The number of hydrazone groups is 1. The number of imide groups is 1. The number of carbonyl (C=O) groups excluding carboxylic acids is 2. The van der Waals surface area contributed by atoms with E-state index in [4.69, 9.17) is 0 Å². The van der Waals surface area contributed by atoms with Crippen molar-refractivity contribution in [3.8, 4) is 0 Å². The molecule has 0 aliphatic carbocycles. The molecular formula is C18H24N6O2. The van der Waals surface area contributed by atoms with Crippen molar-refractivity contribution in [3.05, 3.63) is 35.4 Å². The van der Waals surface area contributed by atoms with Gasteiger partial charge in [0.2, 0.25) is 5.96 Å². The summed E-state index contributed by atoms with van der Waals surface area (Å²) < 4.78 is 0. The molecule has 8 nitrogen and oxygen atoms in total. The minimum absolute atomic E-state index is 0.345. The predicted octanol–water partition coefficient (Wildman–Crippen LogP) is 1.42. The number of amides is 3. The lowest BCUT2D eigenvalue weighted by Gasteiger charge is -2.36. The summed E-state index contributed by atoms with van der Waals surface area (Å²) >= 11 is 0. The number of fused-ring (bicyclic) bond motifs is 1. The van der Waals surface area contributed by atoms with Gasteiger partial charge in [0.05, 0.1) is 0 Å². The summed E-state index contributed by atoms with van der Waals surface area (Å²) in [6.45, 7) is 6.45. The van der Waals surface area contributed by atoms with Gasteiger partial charge in [-0.3, -0.25) is 10.1 Å². The molecule has 1 fully saturated rings. The number of guanidine groups is 1. The van der Waals surface area contributed by atoms with Gasteiger partial charge >= 0.3 is 6.03 Å². The average Bonchev–Trinajstić information content (AvgIpc) is 2.98. The van der Waals surface area contributed by atoms with Crippen LogP contribution in [0.2, 0.25) is 0 Å². The van der Waals surface area contributed by atoms with Crippen molar-refractivity contribution in [2.24, 2.45) is 10.1 Å². The number of likely N-dealkylation sites (N-methyl/N-ethyl adjacent to an activating group) is 1. The van der Waals surface area contributed by atoms with E-state index in [9.17, 15) is 9.59 Å². The number of benzene rings is 1. The van der Waals surface area contributed by atoms with Crippen molar-refractivity contribution in [1.82, 2.24) is 20.5 Å². The van der Waals surface area contributed by atoms with Crippen molar-refractivity contribution in [2.45, 2.75) is 45.9 Å². The number of aryl methyl sites for hydroxylation is 1. The van der Waals surface area contributed by atoms with Crippen LogP contribution in [-0.2, 0) is 11.3 Å². The van der Waals surface area contributed by atoms with Crippen LogP contribution in [0.15, 0.2) is 34.4 Å². The van der Waals surface area contributed by atoms with Crippen LogP contribution in [0.25, 0.3) is 0 Å². The van der Waals surface area contributed by atoms with Crippen LogP contribution in [-0.4, -0.2) is 52.7 Å². The highest BCUT2D eigenvalue weighted by atomic mass is 16.2. The number of nitrogens with one attached hydrogen (secondary N) is 2. The molecule has 0 radical (unpaired) electrons. The first-order valence-electron chi connectivity index (χ1n) is 8.67. The molecule has 0 aromatic heterocycles. The Bertz CT molecular complexity index is 770. The summed E-state index contributed by atoms with van der Waals surface area (Å²) in [5.74, 6) is 0.145. The number of urea groups is 1. The highest BCUT2D eigenvalue weighted by Gasteiger charge is 2.48. The molecule has 0 saturated carbocycles. The molecule has 1 saturated heterocycles. The lowest BCUT2D eigenvalue weighted by Crippen LogP contribution is -2.63. The summed E-state index contributed by atoms with van der Waals surface area (Å²) in [5, 5.41) is 6.71. The van der Waals surface area contributed by atoms with E-state index in [1.807, 2.05) is 49.9 Å². The SMILES string of the molecule is CC/C(C)=N\NC1=NC2C(C(=O)NC(=O)N2C)N1Cc1ccc(C)cc1. The summed E-state index contributed by atoms with van der Waals surface area (Å²) in [5.41, 5.74) is 6.12. The van der Waals surface area contributed by atoms with Crippen LogP contribution < -0.4 is 10.7 Å². The first-order valence-corrected chi connectivity index (χ1v) is 8.67. The van der Waals surface area contributed by atoms with Crippen molar-refractivity contribution in [1.29, 1.82) is 0 Å². The molecular weight excluding hydrogens is 332 g/mol. The van der Waals surface area contributed by atoms with Crippen molar-refractivity contribution in [3.63, 3.8) is 0 Å². The number of aliphatic imine (C=N–C) groups is 1. The standard InChI is InChI=1S/C18H24N6O2/c1-5-12(3)21-22-17-19-15-14(16(25)20-18(26)23(15)4)24(17)10-13-8-6-11(2)7-9-13/h6-9,14-15H,5,10H2,1-4H3,(H,19,22)(H,20,25,26)/b21-12-. The molecule has 0 bridgehead atoms. The van der Waals surface area contributed by atoms with Crippen LogP contribution in [0.5, 0.6) is 0 Å². The molecule has 3 rings (SSSR count). The molecule has 2 atom stereocenters. The Labute approximate surface area is 153 Å². The van der Waals surface area contributed by atoms with Crippen LogP contribution in [0, 0.1) is 6.92 Å². The maximum Gasteiger partial charge on any atom is 0.325 e. The number of nitrogens with zero attached hydrogens (tertiary/aromatic N) is 4. The lowest BCUT2D eigenvalue weighted by atomic mass is 10.1. The van der Waals surface area contributed by atoms with E-state index in [-0.39, 0.29) is 5.91 Å². The third kappa shape index (κ3) is 3.40. The number of carbonyl (C=O) groups is 2. The van der Waals surface area contributed by atoms with E-state index in [1.54, 1.807) is 7.05 Å². The molecule has 2 unspecified atom stereocenters. The Morgan fingerprint density at radius 1 is 1.31 bits per heavy atom. The zero-order chi connectivity index (χ0) is 18.8. The van der Waals surface area contributed by atoms with Gasteiger partial charge in [0, 0.05) is 19.3 Å². The Morgan fingerprint density at radius 3 is 2.65 bits per heavy atom. The molecule has 2 N–H and O–H groups in total. The van der Waals surface area contributed by atoms with Crippen molar-refractivity contribution >= 4 is 23.6 Å². The van der Waals surface area contributed by atoms with E-state index in [1.165, 1.54) is 10.5 Å². The smallest absolute Gasteiger partial charge is 0.321 e. The first kappa shape index (κ1) is 17.9. The minimum Gasteiger partial charge on any atom is -0.321 e. The van der Waals surface area contributed by atoms with Gasteiger partial charge in [-0.05, 0) is 25.8 Å². The van der Waals surface area contributed by atoms with E-state index in [0.717, 1.165) is 17.7 Å². The molecule has 26 heavy (non-hydrogen) atoms. The minimum atomic E-state index is -0.585. The fourth-order valence-electron chi connectivity index (χ4n) is 2.91. The Hall–Kier alpha value is -2.90. The molecule has 1 aromatic carbocycles. The fourth-order valence-corrected chi connectivity index (χ4v) is 2.91. The fraction of sp³-hybridized carbons (Fsp3) is 0.444. The van der Waals surface area contributed by atoms with E-state index >= 15 is 0 Å². The zero-order valence-electron chi connectivity index (χ0n) is 15.5. The van der Waals surface area contributed by atoms with E-state index in [2.05, 4.69) is 20.8 Å². The molecule has 2 aliphatic heterocycles. The summed E-state index contributed by atoms with van der Waals surface area (Å²) in [7, 11) is 1.64. The zero-order valence-corrected chi connectivity index (χ0v) is 15.5. The predicted molar refractivity (Wildman–Crippen MR) is 99.6 cm³/mol. The van der Waals surface area contributed by atoms with Crippen LogP contribution in [0.1, 0.15) is 31.4 Å². The van der Waals surface area contributed by atoms with Crippen LogP contribution >= 0.6 is 0 Å². The highest BCUT2D eigenvalue weighted by Crippen LogP contribution is 2.25. The average molecular weight is 356 g/mol. The molecule has 2 aliphatic rings. The third-order valence-corrected chi connectivity index (χ3v) is 4.69. The maximum atomic E-state index is 12.5. The highest BCUT2D eigenvalue weighted by molar-refractivity contribution is 6.03. The van der Waals surface area contributed by atoms with Gasteiger partial charge in [-0.25, -0.2) is 15.2 Å². The normalized spacial score (nSPS) is 22.9. The second-order valence-electron chi connectivity index (χ2n) is 6.64. The van der Waals surface area contributed by atoms with Gasteiger partial charge in [-0.15, -0.1) is 0 Å². The van der Waals surface area contributed by atoms with Crippen LogP contribution in [0.4, 0.5) is 4.79 Å². The Morgan fingerprint density at radius 2 is 2.00 bits per heavy atom. The molecule has 1 aromatic rings. The molecule has 3 amide bonds. The summed E-state index contributed by atoms with van der Waals surface area (Å²) in [4.78, 5) is 32.3. The van der Waals surface area contributed by atoms with Crippen LogP contribution in [0.3, 0.4) is 0 Å². The van der Waals surface area contributed by atoms with Gasteiger partial charge in [-0.1, -0.05) is 36.8 Å². The van der Waals surface area contributed by atoms with E-state index in [0.29, 0.717) is 12.5 Å². The molecule has 2 heterocycles. The summed E-state index contributed by atoms with van der Waals surface area (Å²) in [6, 6.07) is 7.09. The van der Waals surface area contributed by atoms with Crippen molar-refractivity contribution in [2.75, 3.05) is 7.05 Å². The Kier molecular flexibility index (Phi) is 4.92. The van der Waals surface area contributed by atoms with Gasteiger partial charge in [-0.2, -0.15) is 5.10 Å². The number of hydrogen-bond acceptors (Lipinski definition) is 6. The second-order valence-corrected chi connectivity index (χ2v) is 6.64. The third-order valence-electron chi connectivity index (χ3n) is 4.69. The maximum absolute atomic E-state index is 12.5. The lowest BCUT2D eigenvalue weighted by molar-refractivity contribution is -0.127. The van der Waals surface area contributed by atoms with Crippen molar-refractivity contribution < 1.29 is 9.59 Å². The van der Waals surface area contributed by atoms with Gasteiger partial charge in [0.15, 0.2) is 12.2 Å². The number of rotatable bonds is 4. The largest absolute Gasteiger partial charge is 0.325 e. The second kappa shape index (κ2) is 7.15. The van der Waals surface area contributed by atoms with Gasteiger partial charge in [0.1, 0.15) is 0 Å². The van der Waals surface area contributed by atoms with Gasteiger partial charge < -0.3 is 9.80 Å². The Balaban J connectivity index is 1.91. The first-order chi connectivity index (χ1) is 12.4. The topological polar surface area (TPSA) is 89.4 Å². The van der Waals surface area contributed by atoms with Gasteiger partial charge in [0.25, 0.3) is 5.91 Å². The summed E-state index contributed by atoms with van der Waals surface area (Å²) in [6.07, 6.45) is 0.241. The molecule has 0 spiro atoms. The monoisotopic (exact) mass is 356 g/mol. The quantitative estimate of drug-likeness (QED) is 0.631. The number of hydrogen-bond donors (Lipinski definition) is 2. The molecule has 8 heteroatoms. The van der Waals surface area contributed by atoms with E-state index < -0.39 is 18.2 Å².